The maximum atomic E-state index is 12.6. The van der Waals surface area contributed by atoms with Gasteiger partial charge in [0.25, 0.3) is 17.5 Å². The topological polar surface area (TPSA) is 155 Å². The molecule has 1 aliphatic heterocycles. The minimum Gasteiger partial charge on any atom is -0.480 e. The highest BCUT2D eigenvalue weighted by Crippen LogP contribution is 2.27. The highest BCUT2D eigenvalue weighted by molar-refractivity contribution is 6.23. The van der Waals surface area contributed by atoms with Crippen LogP contribution < -0.4 is 0 Å². The first-order chi connectivity index (χ1) is 13.2. The average molecular weight is 384 g/mol. The van der Waals surface area contributed by atoms with Crippen LogP contribution in [0.4, 0.5) is 5.69 Å². The predicted molar refractivity (Wildman–Crippen MR) is 92.1 cm³/mol. The summed E-state index contributed by atoms with van der Waals surface area (Å²) in [6.45, 7) is 0. The molecule has 2 amide bonds. The van der Waals surface area contributed by atoms with Crippen molar-refractivity contribution in [1.82, 2.24) is 4.90 Å². The van der Waals surface area contributed by atoms with Crippen LogP contribution in [0, 0.1) is 10.1 Å². The number of imide groups is 1. The lowest BCUT2D eigenvalue weighted by Crippen LogP contribution is -2.46. The summed E-state index contributed by atoms with van der Waals surface area (Å²) in [7, 11) is 0. The number of hydrogen-bond donors (Lipinski definition) is 2. The summed E-state index contributed by atoms with van der Waals surface area (Å²) in [5.74, 6) is -4.47. The molecular weight excluding hydrogens is 372 g/mol. The summed E-state index contributed by atoms with van der Waals surface area (Å²) < 4.78 is 0. The third-order valence-corrected chi connectivity index (χ3v) is 4.34. The molecule has 28 heavy (non-hydrogen) atoms. The van der Waals surface area contributed by atoms with E-state index in [1.54, 1.807) is 0 Å². The second-order valence-electron chi connectivity index (χ2n) is 6.03. The Balaban J connectivity index is 1.93. The molecule has 2 aromatic carbocycles. The second kappa shape index (κ2) is 6.91. The quantitative estimate of drug-likeness (QED) is 0.432. The van der Waals surface area contributed by atoms with Crippen molar-refractivity contribution in [2.24, 2.45) is 0 Å². The fourth-order valence-corrected chi connectivity index (χ4v) is 2.94. The minimum absolute atomic E-state index is 0.0788. The van der Waals surface area contributed by atoms with Crippen LogP contribution in [0.1, 0.15) is 36.6 Å². The van der Waals surface area contributed by atoms with Crippen molar-refractivity contribution >= 4 is 29.4 Å². The number of rotatable bonds is 6. The lowest BCUT2D eigenvalue weighted by atomic mass is 10.0. The maximum Gasteiger partial charge on any atom is 0.335 e. The molecule has 1 atom stereocenters. The highest BCUT2D eigenvalue weighted by atomic mass is 16.6. The van der Waals surface area contributed by atoms with Gasteiger partial charge >= 0.3 is 11.9 Å². The van der Waals surface area contributed by atoms with Crippen LogP contribution in [0.25, 0.3) is 0 Å². The molecule has 2 aromatic rings. The highest BCUT2D eigenvalue weighted by Gasteiger charge is 2.43. The van der Waals surface area contributed by atoms with Crippen LogP contribution in [0.3, 0.4) is 0 Å². The summed E-state index contributed by atoms with van der Waals surface area (Å²) >= 11 is 0. The Bertz CT molecular complexity index is 1030. The number of carboxylic acid groups (broad SMARTS) is 2. The number of carboxylic acids is 2. The van der Waals surface area contributed by atoms with Crippen molar-refractivity contribution < 1.29 is 34.3 Å². The zero-order valence-electron chi connectivity index (χ0n) is 14.1. The number of hydrogen-bond acceptors (Lipinski definition) is 6. The first kappa shape index (κ1) is 18.7. The van der Waals surface area contributed by atoms with Crippen LogP contribution >= 0.6 is 0 Å². The zero-order valence-corrected chi connectivity index (χ0v) is 14.1. The number of benzene rings is 2. The average Bonchev–Trinajstić information content (AvgIpc) is 2.90. The molecule has 0 aliphatic carbocycles. The molecule has 0 spiro atoms. The minimum atomic E-state index is -1.55. The van der Waals surface area contributed by atoms with Crippen molar-refractivity contribution in [1.29, 1.82) is 0 Å². The molecule has 0 fully saturated rings. The normalized spacial score (nSPS) is 13.9. The molecule has 10 heteroatoms. The van der Waals surface area contributed by atoms with Gasteiger partial charge in [0.15, 0.2) is 0 Å². The number of aromatic carboxylic acids is 1. The Morgan fingerprint density at radius 3 is 2.14 bits per heavy atom. The summed E-state index contributed by atoms with van der Waals surface area (Å²) in [5.41, 5.74) is -0.271. The van der Waals surface area contributed by atoms with Gasteiger partial charge in [0.1, 0.15) is 6.04 Å². The van der Waals surface area contributed by atoms with Gasteiger partial charge in [-0.2, -0.15) is 0 Å². The van der Waals surface area contributed by atoms with E-state index in [4.69, 9.17) is 5.11 Å². The van der Waals surface area contributed by atoms with Crippen LogP contribution in [0.2, 0.25) is 0 Å². The molecular formula is C18H12N2O8. The monoisotopic (exact) mass is 384 g/mol. The Morgan fingerprint density at radius 2 is 1.61 bits per heavy atom. The fraction of sp³-hybridized carbons (Fsp3) is 0.111. The third kappa shape index (κ3) is 3.18. The number of nitro groups is 1. The number of amides is 2. The predicted octanol–water partition coefficient (Wildman–Crippen LogP) is 1.58. The van der Waals surface area contributed by atoms with Crippen molar-refractivity contribution in [3.05, 3.63) is 74.8 Å². The van der Waals surface area contributed by atoms with Gasteiger partial charge in [0, 0.05) is 18.6 Å². The Hall–Kier alpha value is -4.08. The first-order valence-corrected chi connectivity index (χ1v) is 7.92. The molecule has 0 aromatic heterocycles. The van der Waals surface area contributed by atoms with E-state index in [1.165, 1.54) is 30.3 Å². The number of carbonyl (C=O) groups is 4. The largest absolute Gasteiger partial charge is 0.480 e. The maximum absolute atomic E-state index is 12.6. The Morgan fingerprint density at radius 1 is 1.00 bits per heavy atom. The number of nitro benzene ring substituents is 1. The number of non-ortho nitro benzene ring substituents is 1. The Kier molecular flexibility index (Phi) is 4.62. The van der Waals surface area contributed by atoms with Gasteiger partial charge < -0.3 is 10.2 Å². The van der Waals surface area contributed by atoms with Gasteiger partial charge in [0.05, 0.1) is 21.6 Å². The molecule has 1 heterocycles. The Labute approximate surface area is 156 Å². The van der Waals surface area contributed by atoms with E-state index in [9.17, 15) is 34.4 Å². The van der Waals surface area contributed by atoms with E-state index < -0.39 is 34.7 Å². The van der Waals surface area contributed by atoms with Crippen molar-refractivity contribution in [3.63, 3.8) is 0 Å². The fourth-order valence-electron chi connectivity index (χ4n) is 2.94. The van der Waals surface area contributed by atoms with Crippen LogP contribution in [-0.2, 0) is 11.2 Å². The molecule has 1 aliphatic rings. The molecule has 0 saturated carbocycles. The van der Waals surface area contributed by atoms with E-state index in [0.717, 1.165) is 12.1 Å². The van der Waals surface area contributed by atoms with Crippen molar-refractivity contribution in [2.45, 2.75) is 12.5 Å². The molecule has 142 valence electrons. The van der Waals surface area contributed by atoms with E-state index in [0.29, 0.717) is 10.5 Å². The lowest BCUT2D eigenvalue weighted by Gasteiger charge is -2.22. The van der Waals surface area contributed by atoms with Gasteiger partial charge in [-0.1, -0.05) is 12.1 Å². The molecule has 0 unspecified atom stereocenters. The van der Waals surface area contributed by atoms with E-state index in [2.05, 4.69) is 0 Å². The molecule has 10 nitrogen and oxygen atoms in total. The number of nitrogens with zero attached hydrogens (tertiary/aromatic N) is 2. The second-order valence-corrected chi connectivity index (χ2v) is 6.03. The first-order valence-electron chi connectivity index (χ1n) is 7.92. The zero-order chi connectivity index (χ0) is 20.6. The third-order valence-electron chi connectivity index (χ3n) is 4.34. The standard InChI is InChI=1S/C18H12N2O8/c21-15-12-6-3-10(17(23)24)8-13(12)16(22)19(15)14(18(25)26)7-9-1-4-11(5-2-9)20(27)28/h1-6,8,14H,7H2,(H,23,24)(H,25,26)/t14-/m1/s1. The van der Waals surface area contributed by atoms with E-state index in [1.807, 2.05) is 0 Å². The van der Waals surface area contributed by atoms with Gasteiger partial charge in [-0.15, -0.1) is 0 Å². The van der Waals surface area contributed by atoms with Gasteiger partial charge in [-0.05, 0) is 23.8 Å². The van der Waals surface area contributed by atoms with Crippen molar-refractivity contribution in [3.8, 4) is 0 Å². The van der Waals surface area contributed by atoms with Gasteiger partial charge in [-0.3, -0.25) is 24.6 Å². The van der Waals surface area contributed by atoms with Gasteiger partial charge in [0.2, 0.25) is 0 Å². The molecule has 3 rings (SSSR count). The summed E-state index contributed by atoms with van der Waals surface area (Å²) in [4.78, 5) is 58.7. The molecule has 2 N–H and O–H groups in total. The van der Waals surface area contributed by atoms with Crippen LogP contribution in [0.5, 0.6) is 0 Å². The van der Waals surface area contributed by atoms with E-state index >= 15 is 0 Å². The van der Waals surface area contributed by atoms with Crippen LogP contribution in [-0.4, -0.2) is 49.8 Å². The summed E-state index contributed by atoms with van der Waals surface area (Å²) in [6.07, 6.45) is -0.259. The lowest BCUT2D eigenvalue weighted by molar-refractivity contribution is -0.384. The number of aliphatic carboxylic acids is 1. The number of carbonyl (C=O) groups excluding carboxylic acids is 2. The smallest absolute Gasteiger partial charge is 0.335 e. The molecule has 0 saturated heterocycles. The SMILES string of the molecule is O=C(O)c1ccc2c(c1)C(=O)N([C@H](Cc1ccc([N+](=O)[O-])cc1)C(=O)O)C2=O. The van der Waals surface area contributed by atoms with E-state index in [-0.39, 0.29) is 28.8 Å². The van der Waals surface area contributed by atoms with Crippen molar-refractivity contribution in [2.75, 3.05) is 0 Å². The summed E-state index contributed by atoms with van der Waals surface area (Å²) in [6, 6.07) is 6.87. The van der Waals surface area contributed by atoms with Gasteiger partial charge in [-0.25, -0.2) is 9.59 Å². The molecule has 0 bridgehead atoms. The number of fused-ring (bicyclic) bond motifs is 1. The summed E-state index contributed by atoms with van der Waals surface area (Å²) in [5, 5.41) is 29.3. The molecule has 0 radical (unpaired) electrons. The van der Waals surface area contributed by atoms with Crippen LogP contribution in [0.15, 0.2) is 42.5 Å².